The van der Waals surface area contributed by atoms with E-state index in [-0.39, 0.29) is 0 Å². The van der Waals surface area contributed by atoms with Gasteiger partial charge in [0.2, 0.25) is 0 Å². The summed E-state index contributed by atoms with van der Waals surface area (Å²) in [5.41, 5.74) is 2.76. The SMILES string of the molecule is CCCCCCCCCCCCc1nc(CCCc2ccccc2)cn1CCCCCCCCCCC. The Morgan fingerprint density at radius 1 is 0.514 bits per heavy atom. The standard InChI is InChI=1S/C35H60N2/c1-3-5-7-9-11-13-14-16-18-23-30-35-36-34(29-25-28-33-26-21-20-22-27-33)32-37(35)31-24-19-17-15-12-10-8-6-4-2/h20-22,26-27,32H,3-19,23-25,28-31H2,1-2H3. The van der Waals surface area contributed by atoms with E-state index < -0.39 is 0 Å². The fraction of sp³-hybridized carbons (Fsp3) is 0.743. The minimum Gasteiger partial charge on any atom is -0.335 e. The average Bonchev–Trinajstić information content (AvgIpc) is 3.30. The minimum absolute atomic E-state index is 1.10. The van der Waals surface area contributed by atoms with Crippen molar-refractivity contribution in [3.63, 3.8) is 0 Å². The molecule has 0 atom stereocenters. The van der Waals surface area contributed by atoms with Crippen LogP contribution in [0, 0.1) is 0 Å². The zero-order valence-corrected chi connectivity index (χ0v) is 24.8. The van der Waals surface area contributed by atoms with Crippen molar-refractivity contribution in [1.82, 2.24) is 9.55 Å². The summed E-state index contributed by atoms with van der Waals surface area (Å²) >= 11 is 0. The van der Waals surface area contributed by atoms with Crippen LogP contribution in [0.2, 0.25) is 0 Å². The molecule has 37 heavy (non-hydrogen) atoms. The van der Waals surface area contributed by atoms with Gasteiger partial charge in [-0.05, 0) is 37.7 Å². The van der Waals surface area contributed by atoms with Crippen LogP contribution in [0.4, 0.5) is 0 Å². The number of unbranched alkanes of at least 4 members (excludes halogenated alkanes) is 17. The molecule has 2 aromatic rings. The molecule has 1 heterocycles. The molecule has 1 aromatic heterocycles. The third-order valence-corrected chi connectivity index (χ3v) is 7.91. The van der Waals surface area contributed by atoms with Gasteiger partial charge in [0.25, 0.3) is 0 Å². The molecule has 0 saturated carbocycles. The van der Waals surface area contributed by atoms with E-state index in [1.165, 1.54) is 145 Å². The predicted octanol–water partition coefficient (Wildman–Crippen LogP) is 11.1. The average molecular weight is 509 g/mol. The lowest BCUT2D eigenvalue weighted by Crippen LogP contribution is -2.03. The molecule has 0 aliphatic rings. The maximum absolute atomic E-state index is 5.14. The first-order valence-electron chi connectivity index (χ1n) is 16.4. The van der Waals surface area contributed by atoms with E-state index in [9.17, 15) is 0 Å². The quantitative estimate of drug-likeness (QED) is 0.122. The van der Waals surface area contributed by atoms with E-state index in [0.29, 0.717) is 0 Å². The molecule has 2 heteroatoms. The van der Waals surface area contributed by atoms with Crippen molar-refractivity contribution in [2.45, 2.75) is 168 Å². The summed E-state index contributed by atoms with van der Waals surface area (Å²) in [4.78, 5) is 5.14. The van der Waals surface area contributed by atoms with Gasteiger partial charge in [0.1, 0.15) is 5.82 Å². The van der Waals surface area contributed by atoms with Gasteiger partial charge in [-0.1, -0.05) is 153 Å². The Kier molecular flexibility index (Phi) is 19.2. The monoisotopic (exact) mass is 508 g/mol. The third kappa shape index (κ3) is 16.1. The van der Waals surface area contributed by atoms with E-state index in [4.69, 9.17) is 4.98 Å². The first-order valence-corrected chi connectivity index (χ1v) is 16.4. The number of hydrogen-bond donors (Lipinski definition) is 0. The summed E-state index contributed by atoms with van der Waals surface area (Å²) in [5.74, 6) is 1.36. The number of rotatable bonds is 25. The molecule has 0 fully saturated rings. The summed E-state index contributed by atoms with van der Waals surface area (Å²) in [6, 6.07) is 10.9. The number of imidazole rings is 1. The van der Waals surface area contributed by atoms with Crippen LogP contribution in [0.1, 0.15) is 159 Å². The molecule has 2 rings (SSSR count). The molecule has 0 amide bonds. The first-order chi connectivity index (χ1) is 18.3. The molecule has 0 N–H and O–H groups in total. The highest BCUT2D eigenvalue weighted by Gasteiger charge is 2.08. The van der Waals surface area contributed by atoms with Crippen LogP contribution in [0.3, 0.4) is 0 Å². The molecule has 0 spiro atoms. The van der Waals surface area contributed by atoms with Gasteiger partial charge in [0.15, 0.2) is 0 Å². The van der Waals surface area contributed by atoms with Gasteiger partial charge in [-0.3, -0.25) is 0 Å². The van der Waals surface area contributed by atoms with Crippen LogP contribution >= 0.6 is 0 Å². The maximum Gasteiger partial charge on any atom is 0.108 e. The van der Waals surface area contributed by atoms with Crippen molar-refractivity contribution in [1.29, 1.82) is 0 Å². The van der Waals surface area contributed by atoms with Crippen LogP contribution in [0.5, 0.6) is 0 Å². The molecule has 0 aliphatic carbocycles. The normalized spacial score (nSPS) is 11.4. The Labute approximate surface area is 231 Å². The highest BCUT2D eigenvalue weighted by molar-refractivity contribution is 5.15. The maximum atomic E-state index is 5.14. The van der Waals surface area contributed by atoms with Crippen LogP contribution in [-0.2, 0) is 25.8 Å². The van der Waals surface area contributed by atoms with Gasteiger partial charge < -0.3 is 4.57 Å². The molecule has 210 valence electrons. The van der Waals surface area contributed by atoms with Gasteiger partial charge in [-0.15, -0.1) is 0 Å². The Morgan fingerprint density at radius 3 is 1.59 bits per heavy atom. The van der Waals surface area contributed by atoms with Crippen molar-refractivity contribution in [2.24, 2.45) is 0 Å². The summed E-state index contributed by atoms with van der Waals surface area (Å²) in [6.45, 7) is 5.76. The lowest BCUT2D eigenvalue weighted by Gasteiger charge is -2.08. The van der Waals surface area contributed by atoms with Gasteiger partial charge in [0, 0.05) is 19.2 Å². The van der Waals surface area contributed by atoms with Gasteiger partial charge in [-0.25, -0.2) is 4.98 Å². The lowest BCUT2D eigenvalue weighted by atomic mass is 10.1. The molecule has 1 aromatic carbocycles. The van der Waals surface area contributed by atoms with E-state index in [1.54, 1.807) is 0 Å². The fourth-order valence-corrected chi connectivity index (χ4v) is 5.51. The molecule has 0 aliphatic heterocycles. The second-order valence-corrected chi connectivity index (χ2v) is 11.4. The van der Waals surface area contributed by atoms with Crippen LogP contribution in [0.15, 0.2) is 36.5 Å². The molecule has 0 radical (unpaired) electrons. The Morgan fingerprint density at radius 2 is 1.03 bits per heavy atom. The van der Waals surface area contributed by atoms with E-state index in [1.807, 2.05) is 0 Å². The lowest BCUT2D eigenvalue weighted by molar-refractivity contribution is 0.523. The third-order valence-electron chi connectivity index (χ3n) is 7.91. The van der Waals surface area contributed by atoms with Crippen molar-refractivity contribution in [2.75, 3.05) is 0 Å². The van der Waals surface area contributed by atoms with Crippen molar-refractivity contribution < 1.29 is 0 Å². The van der Waals surface area contributed by atoms with E-state index in [2.05, 4.69) is 54.9 Å². The molecule has 0 unspecified atom stereocenters. The van der Waals surface area contributed by atoms with Crippen LogP contribution < -0.4 is 0 Å². The van der Waals surface area contributed by atoms with E-state index in [0.717, 1.165) is 25.8 Å². The molecule has 0 saturated heterocycles. The summed E-state index contributed by atoms with van der Waals surface area (Å²) < 4.78 is 2.52. The van der Waals surface area contributed by atoms with Gasteiger partial charge in [-0.2, -0.15) is 0 Å². The predicted molar refractivity (Wildman–Crippen MR) is 163 cm³/mol. The number of hydrogen-bond acceptors (Lipinski definition) is 1. The number of nitrogens with zero attached hydrogens (tertiary/aromatic N) is 2. The van der Waals surface area contributed by atoms with Crippen LogP contribution in [0.25, 0.3) is 0 Å². The van der Waals surface area contributed by atoms with Gasteiger partial charge in [0.05, 0.1) is 5.69 Å². The smallest absolute Gasteiger partial charge is 0.108 e. The first kappa shape index (κ1) is 31.6. The molecular weight excluding hydrogens is 448 g/mol. The summed E-state index contributed by atoms with van der Waals surface area (Å²) in [7, 11) is 0. The highest BCUT2D eigenvalue weighted by Crippen LogP contribution is 2.16. The highest BCUT2D eigenvalue weighted by atomic mass is 15.1. The largest absolute Gasteiger partial charge is 0.335 e. The second-order valence-electron chi connectivity index (χ2n) is 11.4. The zero-order chi connectivity index (χ0) is 26.2. The number of benzene rings is 1. The van der Waals surface area contributed by atoms with E-state index >= 15 is 0 Å². The molecular formula is C35H60N2. The second kappa shape index (κ2) is 22.4. The fourth-order valence-electron chi connectivity index (χ4n) is 5.51. The zero-order valence-electron chi connectivity index (χ0n) is 24.8. The Balaban J connectivity index is 1.69. The summed E-state index contributed by atoms with van der Waals surface area (Å²) in [5, 5.41) is 0. The van der Waals surface area contributed by atoms with Crippen molar-refractivity contribution >= 4 is 0 Å². The number of aryl methyl sites for hydroxylation is 4. The Hall–Kier alpha value is -1.57. The van der Waals surface area contributed by atoms with Gasteiger partial charge >= 0.3 is 0 Å². The molecule has 0 bridgehead atoms. The number of aromatic nitrogens is 2. The Bertz CT molecular complexity index is 748. The molecule has 2 nitrogen and oxygen atoms in total. The van der Waals surface area contributed by atoms with Crippen molar-refractivity contribution in [3.05, 3.63) is 53.6 Å². The van der Waals surface area contributed by atoms with Crippen LogP contribution in [-0.4, -0.2) is 9.55 Å². The minimum atomic E-state index is 1.10. The summed E-state index contributed by atoms with van der Waals surface area (Å²) in [6.07, 6.45) is 33.6. The van der Waals surface area contributed by atoms with Crippen molar-refractivity contribution in [3.8, 4) is 0 Å². The topological polar surface area (TPSA) is 17.8 Å².